The van der Waals surface area contributed by atoms with Gasteiger partial charge in [-0.15, -0.1) is 5.10 Å². The van der Waals surface area contributed by atoms with E-state index in [0.717, 1.165) is 12.8 Å². The number of piperidine rings is 1. The first-order chi connectivity index (χ1) is 10.5. The predicted octanol–water partition coefficient (Wildman–Crippen LogP) is 1.43. The summed E-state index contributed by atoms with van der Waals surface area (Å²) in [5.41, 5.74) is 0.186. The molecule has 7 heteroatoms. The molecule has 1 fully saturated rings. The molecule has 0 spiro atoms. The Morgan fingerprint density at radius 2 is 1.91 bits per heavy atom. The van der Waals surface area contributed by atoms with Crippen molar-refractivity contribution >= 4 is 5.91 Å². The molecule has 0 saturated carbocycles. The highest BCUT2D eigenvalue weighted by Gasteiger charge is 2.25. The van der Waals surface area contributed by atoms with Gasteiger partial charge in [-0.25, -0.2) is 9.18 Å². The van der Waals surface area contributed by atoms with Crippen LogP contribution in [0.4, 0.5) is 4.39 Å². The van der Waals surface area contributed by atoms with Crippen molar-refractivity contribution in [3.63, 3.8) is 0 Å². The number of aromatic amines is 1. The molecule has 2 aromatic rings. The Morgan fingerprint density at radius 1 is 1.27 bits per heavy atom. The summed E-state index contributed by atoms with van der Waals surface area (Å²) in [7, 11) is 0. The maximum atomic E-state index is 13.0. The minimum atomic E-state index is -0.357. The van der Waals surface area contributed by atoms with Gasteiger partial charge in [-0.05, 0) is 37.1 Å². The average Bonchev–Trinajstić information content (AvgIpc) is 2.90. The monoisotopic (exact) mass is 304 g/mol. The standard InChI is InChI=1S/C15H17FN4O2/c1-10(21)19-8-6-11(7-9-19)14-17-15(22)20(18-14)13-4-2-12(16)3-5-13/h2-5,11H,6-9H2,1H3,(H,17,18,22). The molecule has 0 bridgehead atoms. The highest BCUT2D eigenvalue weighted by molar-refractivity contribution is 5.73. The molecular weight excluding hydrogens is 287 g/mol. The summed E-state index contributed by atoms with van der Waals surface area (Å²) in [6.07, 6.45) is 1.55. The van der Waals surface area contributed by atoms with Gasteiger partial charge >= 0.3 is 5.69 Å². The second-order valence-corrected chi connectivity index (χ2v) is 5.48. The fourth-order valence-electron chi connectivity index (χ4n) is 2.75. The van der Waals surface area contributed by atoms with E-state index in [9.17, 15) is 14.0 Å². The zero-order valence-electron chi connectivity index (χ0n) is 12.3. The molecule has 1 saturated heterocycles. The molecule has 0 radical (unpaired) electrons. The van der Waals surface area contributed by atoms with Gasteiger partial charge in [0.25, 0.3) is 0 Å². The minimum absolute atomic E-state index is 0.0729. The number of H-pyrrole nitrogens is 1. The molecule has 22 heavy (non-hydrogen) atoms. The Labute approximate surface area is 126 Å². The first-order valence-electron chi connectivity index (χ1n) is 7.25. The van der Waals surface area contributed by atoms with Crippen LogP contribution in [0.1, 0.15) is 31.5 Å². The number of hydrogen-bond acceptors (Lipinski definition) is 3. The number of benzene rings is 1. The Kier molecular flexibility index (Phi) is 3.79. The highest BCUT2D eigenvalue weighted by atomic mass is 19.1. The fraction of sp³-hybridized carbons (Fsp3) is 0.400. The van der Waals surface area contributed by atoms with Crippen LogP contribution in [0.3, 0.4) is 0 Å². The van der Waals surface area contributed by atoms with Gasteiger partial charge in [-0.1, -0.05) is 0 Å². The number of nitrogens with one attached hydrogen (secondary N) is 1. The molecule has 0 atom stereocenters. The number of carbonyl (C=O) groups is 1. The lowest BCUT2D eigenvalue weighted by Gasteiger charge is -2.29. The molecule has 0 aliphatic carbocycles. The van der Waals surface area contributed by atoms with Crippen molar-refractivity contribution in [3.05, 3.63) is 46.4 Å². The second kappa shape index (κ2) is 5.75. The van der Waals surface area contributed by atoms with Crippen LogP contribution in [0.25, 0.3) is 5.69 Å². The third-order valence-corrected chi connectivity index (χ3v) is 4.03. The van der Waals surface area contributed by atoms with Crippen LogP contribution in [0.2, 0.25) is 0 Å². The van der Waals surface area contributed by atoms with E-state index in [1.807, 2.05) is 0 Å². The third kappa shape index (κ3) is 2.79. The van der Waals surface area contributed by atoms with Crippen molar-refractivity contribution in [2.75, 3.05) is 13.1 Å². The van der Waals surface area contributed by atoms with E-state index in [0.29, 0.717) is 24.6 Å². The summed E-state index contributed by atoms with van der Waals surface area (Å²) in [5, 5.41) is 4.33. The van der Waals surface area contributed by atoms with Crippen LogP contribution in [0, 0.1) is 5.82 Å². The molecule has 1 aromatic heterocycles. The van der Waals surface area contributed by atoms with Crippen molar-refractivity contribution in [3.8, 4) is 5.69 Å². The number of carbonyl (C=O) groups excluding carboxylic acids is 1. The van der Waals surface area contributed by atoms with Crippen LogP contribution in [0.5, 0.6) is 0 Å². The van der Waals surface area contributed by atoms with Crippen LogP contribution in [0.15, 0.2) is 29.1 Å². The van der Waals surface area contributed by atoms with Crippen LogP contribution >= 0.6 is 0 Å². The number of nitrogens with zero attached hydrogens (tertiary/aromatic N) is 3. The largest absolute Gasteiger partial charge is 0.348 e. The number of aromatic nitrogens is 3. The van der Waals surface area contributed by atoms with Gasteiger partial charge in [-0.2, -0.15) is 4.68 Å². The topological polar surface area (TPSA) is 71.0 Å². The number of rotatable bonds is 2. The Bertz CT molecular complexity index is 727. The molecule has 1 aliphatic rings. The molecule has 1 aromatic carbocycles. The van der Waals surface area contributed by atoms with Gasteiger partial charge in [0.2, 0.25) is 5.91 Å². The number of likely N-dealkylation sites (tertiary alicyclic amines) is 1. The summed E-state index contributed by atoms with van der Waals surface area (Å²) in [6.45, 7) is 2.91. The van der Waals surface area contributed by atoms with E-state index in [1.165, 1.54) is 28.9 Å². The summed E-state index contributed by atoms with van der Waals surface area (Å²) >= 11 is 0. The molecule has 116 valence electrons. The molecule has 1 aliphatic heterocycles. The van der Waals surface area contributed by atoms with Crippen molar-refractivity contribution in [2.24, 2.45) is 0 Å². The lowest BCUT2D eigenvalue weighted by Crippen LogP contribution is -2.36. The van der Waals surface area contributed by atoms with E-state index in [2.05, 4.69) is 10.1 Å². The normalized spacial score (nSPS) is 16.0. The zero-order chi connectivity index (χ0) is 15.7. The van der Waals surface area contributed by atoms with Gasteiger partial charge in [0.15, 0.2) is 0 Å². The molecule has 1 N–H and O–H groups in total. The first kappa shape index (κ1) is 14.5. The first-order valence-corrected chi connectivity index (χ1v) is 7.25. The molecule has 2 heterocycles. The van der Waals surface area contributed by atoms with Crippen LogP contribution in [-0.4, -0.2) is 38.7 Å². The van der Waals surface area contributed by atoms with Crippen molar-refractivity contribution < 1.29 is 9.18 Å². The second-order valence-electron chi connectivity index (χ2n) is 5.48. The van der Waals surface area contributed by atoms with Crippen molar-refractivity contribution in [1.82, 2.24) is 19.7 Å². The quantitative estimate of drug-likeness (QED) is 0.912. The lowest BCUT2D eigenvalue weighted by atomic mass is 9.96. The molecule has 1 amide bonds. The van der Waals surface area contributed by atoms with Crippen molar-refractivity contribution in [1.29, 1.82) is 0 Å². The Balaban J connectivity index is 1.80. The SMILES string of the molecule is CC(=O)N1CCC(c2nn(-c3ccc(F)cc3)c(=O)[nH]2)CC1. The Morgan fingerprint density at radius 3 is 2.50 bits per heavy atom. The van der Waals surface area contributed by atoms with E-state index in [4.69, 9.17) is 0 Å². The zero-order valence-corrected chi connectivity index (χ0v) is 12.3. The van der Waals surface area contributed by atoms with Gasteiger partial charge in [-0.3, -0.25) is 9.78 Å². The smallest absolute Gasteiger partial charge is 0.343 e. The maximum Gasteiger partial charge on any atom is 0.348 e. The maximum absolute atomic E-state index is 13.0. The van der Waals surface area contributed by atoms with E-state index in [-0.39, 0.29) is 23.3 Å². The average molecular weight is 304 g/mol. The van der Waals surface area contributed by atoms with Gasteiger partial charge in [0.1, 0.15) is 11.6 Å². The van der Waals surface area contributed by atoms with Gasteiger partial charge in [0.05, 0.1) is 5.69 Å². The highest BCUT2D eigenvalue weighted by Crippen LogP contribution is 2.25. The fourth-order valence-corrected chi connectivity index (χ4v) is 2.75. The van der Waals surface area contributed by atoms with Crippen LogP contribution < -0.4 is 5.69 Å². The summed E-state index contributed by atoms with van der Waals surface area (Å²) in [4.78, 5) is 27.9. The number of halogens is 1. The van der Waals surface area contributed by atoms with E-state index >= 15 is 0 Å². The lowest BCUT2D eigenvalue weighted by molar-refractivity contribution is -0.129. The predicted molar refractivity (Wildman–Crippen MR) is 78.4 cm³/mol. The van der Waals surface area contributed by atoms with Crippen molar-refractivity contribution in [2.45, 2.75) is 25.7 Å². The minimum Gasteiger partial charge on any atom is -0.343 e. The molecule has 6 nitrogen and oxygen atoms in total. The summed E-state index contributed by atoms with van der Waals surface area (Å²) < 4.78 is 14.2. The van der Waals surface area contributed by atoms with Gasteiger partial charge < -0.3 is 4.90 Å². The summed E-state index contributed by atoms with van der Waals surface area (Å²) in [6, 6.07) is 5.61. The van der Waals surface area contributed by atoms with Gasteiger partial charge in [0, 0.05) is 25.9 Å². The van der Waals surface area contributed by atoms with E-state index in [1.54, 1.807) is 11.8 Å². The summed E-state index contributed by atoms with van der Waals surface area (Å²) in [5.74, 6) is 0.468. The Hall–Kier alpha value is -2.44. The molecule has 3 rings (SSSR count). The molecule has 0 unspecified atom stereocenters. The molecular formula is C15H17FN4O2. The third-order valence-electron chi connectivity index (χ3n) is 4.03. The number of hydrogen-bond donors (Lipinski definition) is 1. The van der Waals surface area contributed by atoms with E-state index < -0.39 is 0 Å². The van der Waals surface area contributed by atoms with Crippen LogP contribution in [-0.2, 0) is 4.79 Å². The number of amides is 1.